The summed E-state index contributed by atoms with van der Waals surface area (Å²) in [5.41, 5.74) is 3.76. The number of rotatable bonds is 8. The molecule has 0 saturated carbocycles. The summed E-state index contributed by atoms with van der Waals surface area (Å²) in [6.07, 6.45) is 0.296. The molecule has 0 aliphatic heterocycles. The van der Waals surface area contributed by atoms with Crippen molar-refractivity contribution in [3.63, 3.8) is 0 Å². The molecule has 6 heteroatoms. The first-order valence-electron chi connectivity index (χ1n) is 11.7. The molecular formula is C29H28FNO4. The Morgan fingerprint density at radius 1 is 0.971 bits per heavy atom. The van der Waals surface area contributed by atoms with Gasteiger partial charge in [0.2, 0.25) is 0 Å². The molecule has 0 radical (unpaired) electrons. The van der Waals surface area contributed by atoms with Crippen LogP contribution in [0.5, 0.6) is 0 Å². The highest BCUT2D eigenvalue weighted by molar-refractivity contribution is 6.12. The largest absolute Gasteiger partial charge is 0.455 e. The molecule has 1 aromatic heterocycles. The number of halogens is 1. The van der Waals surface area contributed by atoms with E-state index >= 15 is 0 Å². The van der Waals surface area contributed by atoms with Gasteiger partial charge in [0.25, 0.3) is 5.91 Å². The van der Waals surface area contributed by atoms with Crippen molar-refractivity contribution < 1.29 is 23.5 Å². The third kappa shape index (κ3) is 5.03. The van der Waals surface area contributed by atoms with Crippen LogP contribution < -0.4 is 5.32 Å². The fourth-order valence-corrected chi connectivity index (χ4v) is 4.05. The number of amides is 1. The Morgan fingerprint density at radius 3 is 2.31 bits per heavy atom. The van der Waals surface area contributed by atoms with Crippen molar-refractivity contribution in [2.45, 2.75) is 33.2 Å². The van der Waals surface area contributed by atoms with Crippen LogP contribution in [0.4, 0.5) is 4.39 Å². The van der Waals surface area contributed by atoms with Crippen LogP contribution in [0.2, 0.25) is 0 Å². The Labute approximate surface area is 203 Å². The van der Waals surface area contributed by atoms with Crippen molar-refractivity contribution >= 4 is 22.7 Å². The predicted octanol–water partition coefficient (Wildman–Crippen LogP) is 6.25. The lowest BCUT2D eigenvalue weighted by molar-refractivity contribution is 0.0896. The number of furan rings is 1. The lowest BCUT2D eigenvalue weighted by Crippen LogP contribution is -2.41. The summed E-state index contributed by atoms with van der Waals surface area (Å²) in [7, 11) is 0. The van der Waals surface area contributed by atoms with Crippen molar-refractivity contribution in [3.8, 4) is 22.5 Å². The minimum absolute atomic E-state index is 0.0721. The molecule has 180 valence electrons. The van der Waals surface area contributed by atoms with Gasteiger partial charge < -0.3 is 14.8 Å². The Kier molecular flexibility index (Phi) is 7.12. The zero-order valence-corrected chi connectivity index (χ0v) is 20.0. The molecule has 4 rings (SSSR count). The number of hydrogen-bond donors (Lipinski definition) is 2. The molecule has 4 aromatic rings. The summed E-state index contributed by atoms with van der Waals surface area (Å²) in [6, 6.07) is 18.3. The standard InChI is InChI=1S/C29H28FNO4/c1-4-25(33)27-23-15-20(10-13-26(23)35-28(27)18-8-11-22(30)12-9-18)19-6-5-7-21(14-19)29(34)31-24(16-32)17(2)3/h5-15,17,24,32H,4,16H2,1-3H3,(H,31,34)/t24-/m0/s1. The first-order valence-corrected chi connectivity index (χ1v) is 11.7. The molecule has 5 nitrogen and oxygen atoms in total. The van der Waals surface area contributed by atoms with Crippen LogP contribution in [0.25, 0.3) is 33.4 Å². The maximum atomic E-state index is 13.5. The molecule has 0 unspecified atom stereocenters. The Bertz CT molecular complexity index is 1370. The Balaban J connectivity index is 1.76. The van der Waals surface area contributed by atoms with Crippen LogP contribution in [0.15, 0.2) is 71.1 Å². The quantitative estimate of drug-likeness (QED) is 0.297. The maximum Gasteiger partial charge on any atom is 0.251 e. The van der Waals surface area contributed by atoms with E-state index in [0.29, 0.717) is 39.8 Å². The van der Waals surface area contributed by atoms with E-state index in [4.69, 9.17) is 4.42 Å². The molecule has 0 saturated heterocycles. The SMILES string of the molecule is CCC(=O)c1c(-c2ccc(F)cc2)oc2ccc(-c3cccc(C(=O)N[C@@H](CO)C(C)C)c3)cc12. The van der Waals surface area contributed by atoms with Crippen LogP contribution in [-0.4, -0.2) is 29.4 Å². The predicted molar refractivity (Wildman–Crippen MR) is 135 cm³/mol. The van der Waals surface area contributed by atoms with Gasteiger partial charge in [-0.05, 0) is 65.6 Å². The number of ketones is 1. The summed E-state index contributed by atoms with van der Waals surface area (Å²) in [4.78, 5) is 25.7. The third-order valence-electron chi connectivity index (χ3n) is 6.17. The zero-order valence-electron chi connectivity index (χ0n) is 20.0. The van der Waals surface area contributed by atoms with E-state index in [2.05, 4.69) is 5.32 Å². The second-order valence-electron chi connectivity index (χ2n) is 8.89. The van der Waals surface area contributed by atoms with Gasteiger partial charge in [-0.2, -0.15) is 0 Å². The second-order valence-corrected chi connectivity index (χ2v) is 8.89. The topological polar surface area (TPSA) is 79.5 Å². The number of hydrogen-bond acceptors (Lipinski definition) is 4. The van der Waals surface area contributed by atoms with Crippen molar-refractivity contribution in [1.29, 1.82) is 0 Å². The molecule has 1 heterocycles. The van der Waals surface area contributed by atoms with E-state index < -0.39 is 0 Å². The normalized spacial score (nSPS) is 12.2. The molecule has 1 amide bonds. The zero-order chi connectivity index (χ0) is 25.1. The summed E-state index contributed by atoms with van der Waals surface area (Å²) in [5, 5.41) is 13.1. The highest BCUT2D eigenvalue weighted by atomic mass is 19.1. The monoisotopic (exact) mass is 473 g/mol. The molecule has 0 spiro atoms. The van der Waals surface area contributed by atoms with Crippen LogP contribution in [0.1, 0.15) is 47.9 Å². The van der Waals surface area contributed by atoms with Gasteiger partial charge >= 0.3 is 0 Å². The number of aliphatic hydroxyl groups is 1. The van der Waals surface area contributed by atoms with E-state index in [1.807, 2.05) is 32.0 Å². The average molecular weight is 474 g/mol. The van der Waals surface area contributed by atoms with Crippen LogP contribution in [-0.2, 0) is 0 Å². The van der Waals surface area contributed by atoms with Gasteiger partial charge in [-0.1, -0.05) is 39.0 Å². The van der Waals surface area contributed by atoms with E-state index in [1.165, 1.54) is 12.1 Å². The summed E-state index contributed by atoms with van der Waals surface area (Å²) >= 11 is 0. The molecule has 0 bridgehead atoms. The maximum absolute atomic E-state index is 13.5. The molecule has 35 heavy (non-hydrogen) atoms. The molecule has 3 aromatic carbocycles. The number of carbonyl (C=O) groups excluding carboxylic acids is 2. The lowest BCUT2D eigenvalue weighted by Gasteiger charge is -2.20. The number of nitrogens with one attached hydrogen (secondary N) is 1. The number of fused-ring (bicyclic) bond motifs is 1. The average Bonchev–Trinajstić information content (AvgIpc) is 3.25. The van der Waals surface area contributed by atoms with E-state index in [1.54, 1.807) is 43.3 Å². The fourth-order valence-electron chi connectivity index (χ4n) is 4.05. The molecular weight excluding hydrogens is 445 g/mol. The van der Waals surface area contributed by atoms with Crippen molar-refractivity contribution in [2.24, 2.45) is 5.92 Å². The smallest absolute Gasteiger partial charge is 0.251 e. The van der Waals surface area contributed by atoms with Crippen molar-refractivity contribution in [1.82, 2.24) is 5.32 Å². The Morgan fingerprint density at radius 2 is 1.66 bits per heavy atom. The van der Waals surface area contributed by atoms with E-state index in [0.717, 1.165) is 11.1 Å². The second kappa shape index (κ2) is 10.2. The molecule has 0 aliphatic rings. The van der Waals surface area contributed by atoms with Gasteiger partial charge in [0.1, 0.15) is 17.2 Å². The van der Waals surface area contributed by atoms with Gasteiger partial charge in [-0.3, -0.25) is 9.59 Å². The molecule has 0 fully saturated rings. The number of carbonyl (C=O) groups is 2. The summed E-state index contributed by atoms with van der Waals surface area (Å²) in [5.74, 6) is -0.180. The molecule has 2 N–H and O–H groups in total. The van der Waals surface area contributed by atoms with Crippen LogP contribution >= 0.6 is 0 Å². The van der Waals surface area contributed by atoms with Crippen molar-refractivity contribution in [2.75, 3.05) is 6.61 Å². The minimum Gasteiger partial charge on any atom is -0.455 e. The first-order chi connectivity index (χ1) is 16.8. The fraction of sp³-hybridized carbons (Fsp3) is 0.241. The van der Waals surface area contributed by atoms with Crippen LogP contribution in [0, 0.1) is 11.7 Å². The van der Waals surface area contributed by atoms with E-state index in [-0.39, 0.29) is 36.1 Å². The third-order valence-corrected chi connectivity index (χ3v) is 6.17. The van der Waals surface area contributed by atoms with Gasteiger partial charge in [0.15, 0.2) is 5.78 Å². The number of benzene rings is 3. The number of Topliss-reactive ketones (excluding diaryl/α,β-unsaturated/α-hetero) is 1. The van der Waals surface area contributed by atoms with Gasteiger partial charge in [-0.15, -0.1) is 0 Å². The minimum atomic E-state index is -0.363. The van der Waals surface area contributed by atoms with Crippen molar-refractivity contribution in [3.05, 3.63) is 83.7 Å². The van der Waals surface area contributed by atoms with Gasteiger partial charge in [-0.25, -0.2) is 4.39 Å². The first kappa shape index (κ1) is 24.4. The van der Waals surface area contributed by atoms with Gasteiger partial charge in [0.05, 0.1) is 18.2 Å². The van der Waals surface area contributed by atoms with Crippen LogP contribution in [0.3, 0.4) is 0 Å². The van der Waals surface area contributed by atoms with Gasteiger partial charge in [0, 0.05) is 22.9 Å². The number of aliphatic hydroxyl groups excluding tert-OH is 1. The summed E-state index contributed by atoms with van der Waals surface area (Å²) in [6.45, 7) is 5.53. The summed E-state index contributed by atoms with van der Waals surface area (Å²) < 4.78 is 19.5. The molecule has 1 atom stereocenters. The lowest BCUT2D eigenvalue weighted by atomic mass is 9.97. The highest BCUT2D eigenvalue weighted by Gasteiger charge is 2.22. The Hall–Kier alpha value is -3.77. The molecule has 0 aliphatic carbocycles. The van der Waals surface area contributed by atoms with E-state index in [9.17, 15) is 19.1 Å². The highest BCUT2D eigenvalue weighted by Crippen LogP contribution is 2.37.